The molecule has 1 aliphatic rings. The monoisotopic (exact) mass is 177 g/mol. The highest BCUT2D eigenvalue weighted by Gasteiger charge is 2.18. The number of rotatable bonds is 0. The lowest BCUT2D eigenvalue weighted by Gasteiger charge is -2.22. The molecule has 0 amide bonds. The first-order valence-corrected chi connectivity index (χ1v) is 3.81. The SMILES string of the molecule is N#Cc1ccc2c(c1)OCC(O)O2. The molecule has 0 aliphatic carbocycles. The van der Waals surface area contributed by atoms with E-state index < -0.39 is 6.29 Å². The molecule has 0 saturated heterocycles. The van der Waals surface area contributed by atoms with Gasteiger partial charge in [0.2, 0.25) is 6.29 Å². The van der Waals surface area contributed by atoms with Crippen molar-refractivity contribution >= 4 is 0 Å². The summed E-state index contributed by atoms with van der Waals surface area (Å²) in [4.78, 5) is 0. The van der Waals surface area contributed by atoms with Crippen LogP contribution in [0.25, 0.3) is 0 Å². The van der Waals surface area contributed by atoms with Crippen molar-refractivity contribution in [1.29, 1.82) is 5.26 Å². The molecular weight excluding hydrogens is 170 g/mol. The van der Waals surface area contributed by atoms with Crippen LogP contribution in [0.1, 0.15) is 5.56 Å². The van der Waals surface area contributed by atoms with Gasteiger partial charge in [-0.05, 0) is 12.1 Å². The number of nitrogens with zero attached hydrogens (tertiary/aromatic N) is 1. The van der Waals surface area contributed by atoms with E-state index in [2.05, 4.69) is 0 Å². The van der Waals surface area contributed by atoms with Crippen molar-refractivity contribution in [2.24, 2.45) is 0 Å². The molecular formula is C9H7NO3. The fraction of sp³-hybridized carbons (Fsp3) is 0.222. The van der Waals surface area contributed by atoms with Gasteiger partial charge in [-0.1, -0.05) is 0 Å². The van der Waals surface area contributed by atoms with Gasteiger partial charge < -0.3 is 14.6 Å². The third-order valence-electron chi connectivity index (χ3n) is 1.72. The standard InChI is InChI=1S/C9H7NO3/c10-4-6-1-2-7-8(3-6)12-5-9(11)13-7/h1-3,9,11H,5H2. The lowest BCUT2D eigenvalue weighted by atomic mass is 10.2. The minimum Gasteiger partial charge on any atom is -0.483 e. The van der Waals surface area contributed by atoms with Gasteiger partial charge in [0.1, 0.15) is 0 Å². The van der Waals surface area contributed by atoms with Crippen molar-refractivity contribution in [3.05, 3.63) is 23.8 Å². The van der Waals surface area contributed by atoms with Crippen LogP contribution in [0.3, 0.4) is 0 Å². The van der Waals surface area contributed by atoms with E-state index in [9.17, 15) is 0 Å². The maximum Gasteiger partial charge on any atom is 0.232 e. The third-order valence-corrected chi connectivity index (χ3v) is 1.72. The predicted octanol–water partition coefficient (Wildman–Crippen LogP) is 0.648. The second-order valence-corrected chi connectivity index (χ2v) is 2.66. The lowest BCUT2D eigenvalue weighted by molar-refractivity contribution is -0.0670. The third kappa shape index (κ3) is 1.42. The van der Waals surface area contributed by atoms with Crippen molar-refractivity contribution < 1.29 is 14.6 Å². The topological polar surface area (TPSA) is 62.5 Å². The number of ether oxygens (including phenoxy) is 2. The Balaban J connectivity index is 2.38. The van der Waals surface area contributed by atoms with Crippen molar-refractivity contribution in [2.45, 2.75) is 6.29 Å². The average Bonchev–Trinajstić information content (AvgIpc) is 2.17. The number of aliphatic hydroxyl groups is 1. The highest BCUT2D eigenvalue weighted by molar-refractivity contribution is 5.47. The maximum atomic E-state index is 9.07. The molecule has 1 aromatic carbocycles. The molecule has 4 heteroatoms. The molecule has 1 aromatic rings. The minimum absolute atomic E-state index is 0.0991. The molecule has 1 aliphatic heterocycles. The summed E-state index contributed by atoms with van der Waals surface area (Å²) >= 11 is 0. The van der Waals surface area contributed by atoms with Gasteiger partial charge in [0, 0.05) is 6.07 Å². The zero-order valence-electron chi connectivity index (χ0n) is 6.73. The molecule has 0 fully saturated rings. The summed E-state index contributed by atoms with van der Waals surface area (Å²) in [7, 11) is 0. The van der Waals surface area contributed by atoms with Crippen LogP contribution in [-0.4, -0.2) is 18.0 Å². The normalized spacial score (nSPS) is 19.2. The fourth-order valence-corrected chi connectivity index (χ4v) is 1.13. The Bertz CT molecular complexity index is 370. The van der Waals surface area contributed by atoms with Crippen LogP contribution in [0.5, 0.6) is 11.5 Å². The molecule has 1 unspecified atom stereocenters. The number of fused-ring (bicyclic) bond motifs is 1. The van der Waals surface area contributed by atoms with Crippen molar-refractivity contribution in [3.8, 4) is 17.6 Å². The second kappa shape index (κ2) is 2.96. The summed E-state index contributed by atoms with van der Waals surface area (Å²) in [5.41, 5.74) is 0.513. The fourth-order valence-electron chi connectivity index (χ4n) is 1.13. The lowest BCUT2D eigenvalue weighted by Crippen LogP contribution is -2.28. The first kappa shape index (κ1) is 7.90. The molecule has 1 N–H and O–H groups in total. The predicted molar refractivity (Wildman–Crippen MR) is 43.3 cm³/mol. The van der Waals surface area contributed by atoms with Crippen molar-refractivity contribution in [3.63, 3.8) is 0 Å². The zero-order valence-corrected chi connectivity index (χ0v) is 6.73. The van der Waals surface area contributed by atoms with Crippen molar-refractivity contribution in [1.82, 2.24) is 0 Å². The van der Waals surface area contributed by atoms with Crippen LogP contribution in [0.2, 0.25) is 0 Å². The van der Waals surface area contributed by atoms with E-state index in [1.165, 1.54) is 0 Å². The van der Waals surface area contributed by atoms with Crippen molar-refractivity contribution in [2.75, 3.05) is 6.61 Å². The number of hydrogen-bond donors (Lipinski definition) is 1. The van der Waals surface area contributed by atoms with Crippen LogP contribution < -0.4 is 9.47 Å². The number of aliphatic hydroxyl groups excluding tert-OH is 1. The Morgan fingerprint density at radius 2 is 2.31 bits per heavy atom. The minimum atomic E-state index is -0.916. The second-order valence-electron chi connectivity index (χ2n) is 2.66. The number of benzene rings is 1. The van der Waals surface area contributed by atoms with Gasteiger partial charge in [-0.2, -0.15) is 5.26 Å². The van der Waals surface area contributed by atoms with E-state index in [-0.39, 0.29) is 6.61 Å². The smallest absolute Gasteiger partial charge is 0.232 e. The Morgan fingerprint density at radius 3 is 3.08 bits per heavy atom. The quantitative estimate of drug-likeness (QED) is 0.631. The van der Waals surface area contributed by atoms with E-state index in [1.807, 2.05) is 6.07 Å². The van der Waals surface area contributed by atoms with Crippen LogP contribution in [0.4, 0.5) is 0 Å². The molecule has 0 radical (unpaired) electrons. The van der Waals surface area contributed by atoms with E-state index in [1.54, 1.807) is 18.2 Å². The molecule has 66 valence electrons. The van der Waals surface area contributed by atoms with Crippen LogP contribution >= 0.6 is 0 Å². The number of hydrogen-bond acceptors (Lipinski definition) is 4. The maximum absolute atomic E-state index is 9.07. The first-order chi connectivity index (χ1) is 6.29. The molecule has 0 spiro atoms. The van der Waals surface area contributed by atoms with Gasteiger partial charge in [0.15, 0.2) is 18.1 Å². The first-order valence-electron chi connectivity index (χ1n) is 3.81. The molecule has 1 atom stereocenters. The molecule has 2 rings (SSSR count). The van der Waals surface area contributed by atoms with E-state index in [0.29, 0.717) is 17.1 Å². The van der Waals surface area contributed by atoms with Gasteiger partial charge in [-0.15, -0.1) is 0 Å². The Kier molecular flexibility index (Phi) is 1.80. The molecule has 1 heterocycles. The summed E-state index contributed by atoms with van der Waals surface area (Å²) in [6, 6.07) is 6.79. The molecule has 0 saturated carbocycles. The highest BCUT2D eigenvalue weighted by Crippen LogP contribution is 2.31. The van der Waals surface area contributed by atoms with Gasteiger partial charge in [0.05, 0.1) is 11.6 Å². The molecule has 13 heavy (non-hydrogen) atoms. The summed E-state index contributed by atoms with van der Waals surface area (Å²) < 4.78 is 10.2. The van der Waals surface area contributed by atoms with E-state index in [0.717, 1.165) is 0 Å². The molecule has 4 nitrogen and oxygen atoms in total. The summed E-state index contributed by atoms with van der Waals surface area (Å²) in [6.45, 7) is 0.0991. The summed E-state index contributed by atoms with van der Waals surface area (Å²) in [6.07, 6.45) is -0.916. The van der Waals surface area contributed by atoms with Crippen LogP contribution in [-0.2, 0) is 0 Å². The van der Waals surface area contributed by atoms with Gasteiger partial charge in [-0.3, -0.25) is 0 Å². The molecule has 0 bridgehead atoms. The molecule has 0 aromatic heterocycles. The van der Waals surface area contributed by atoms with E-state index in [4.69, 9.17) is 19.8 Å². The van der Waals surface area contributed by atoms with Crippen LogP contribution in [0, 0.1) is 11.3 Å². The van der Waals surface area contributed by atoms with Gasteiger partial charge >= 0.3 is 0 Å². The van der Waals surface area contributed by atoms with Crippen LogP contribution in [0.15, 0.2) is 18.2 Å². The van der Waals surface area contributed by atoms with E-state index >= 15 is 0 Å². The average molecular weight is 177 g/mol. The Morgan fingerprint density at radius 1 is 1.46 bits per heavy atom. The largest absolute Gasteiger partial charge is 0.483 e. The van der Waals surface area contributed by atoms with Gasteiger partial charge in [-0.25, -0.2) is 0 Å². The highest BCUT2D eigenvalue weighted by atomic mass is 16.7. The number of nitriles is 1. The Hall–Kier alpha value is -1.73. The summed E-state index contributed by atoms with van der Waals surface area (Å²) in [5, 5.41) is 17.7. The van der Waals surface area contributed by atoms with Gasteiger partial charge in [0.25, 0.3) is 0 Å². The zero-order chi connectivity index (χ0) is 9.26. The summed E-state index contributed by atoms with van der Waals surface area (Å²) in [5.74, 6) is 0.974. The Labute approximate surface area is 74.9 Å².